The Morgan fingerprint density at radius 3 is 2.19 bits per heavy atom. The maximum absolute atomic E-state index is 10.5. The minimum atomic E-state index is -0.653. The first-order valence-electron chi connectivity index (χ1n) is 7.86. The fourth-order valence-corrected chi connectivity index (χ4v) is 2.30. The standard InChI is InChI=1S/C17H28O4/c1-5-9-15(20-7-3)17(18)13-10-11-14(19-6-2)16(12-13)21-8-4/h10-12,15,17-18H,5-9H2,1-4H3. The van der Waals surface area contributed by atoms with E-state index < -0.39 is 6.10 Å². The molecule has 0 aromatic heterocycles. The van der Waals surface area contributed by atoms with E-state index in [0.29, 0.717) is 31.3 Å². The first kappa shape index (κ1) is 17.8. The molecular formula is C17H28O4. The summed E-state index contributed by atoms with van der Waals surface area (Å²) in [7, 11) is 0. The van der Waals surface area contributed by atoms with Crippen molar-refractivity contribution >= 4 is 0 Å². The summed E-state index contributed by atoms with van der Waals surface area (Å²) in [5, 5.41) is 10.5. The highest BCUT2D eigenvalue weighted by molar-refractivity contribution is 5.43. The summed E-state index contributed by atoms with van der Waals surface area (Å²) < 4.78 is 16.8. The topological polar surface area (TPSA) is 47.9 Å². The number of benzene rings is 1. The molecule has 0 bridgehead atoms. The van der Waals surface area contributed by atoms with Gasteiger partial charge in [0.05, 0.1) is 19.3 Å². The zero-order chi connectivity index (χ0) is 15.7. The maximum atomic E-state index is 10.5. The van der Waals surface area contributed by atoms with Crippen molar-refractivity contribution < 1.29 is 19.3 Å². The van der Waals surface area contributed by atoms with Crippen molar-refractivity contribution in [1.82, 2.24) is 0 Å². The van der Waals surface area contributed by atoms with Gasteiger partial charge < -0.3 is 19.3 Å². The van der Waals surface area contributed by atoms with Crippen LogP contribution in [-0.2, 0) is 4.74 Å². The molecule has 0 aliphatic rings. The third-order valence-corrected chi connectivity index (χ3v) is 3.22. The van der Waals surface area contributed by atoms with E-state index in [0.717, 1.165) is 18.4 Å². The summed E-state index contributed by atoms with van der Waals surface area (Å²) in [4.78, 5) is 0. The van der Waals surface area contributed by atoms with Crippen molar-refractivity contribution in [3.8, 4) is 11.5 Å². The highest BCUT2D eigenvalue weighted by atomic mass is 16.5. The van der Waals surface area contributed by atoms with Gasteiger partial charge in [-0.05, 0) is 44.9 Å². The molecule has 0 amide bonds. The van der Waals surface area contributed by atoms with Gasteiger partial charge in [0, 0.05) is 6.61 Å². The minimum Gasteiger partial charge on any atom is -0.490 e. The van der Waals surface area contributed by atoms with Gasteiger partial charge in [0.2, 0.25) is 0 Å². The van der Waals surface area contributed by atoms with Crippen LogP contribution in [0.4, 0.5) is 0 Å². The fraction of sp³-hybridized carbons (Fsp3) is 0.647. The lowest BCUT2D eigenvalue weighted by Crippen LogP contribution is -2.22. The van der Waals surface area contributed by atoms with E-state index in [9.17, 15) is 5.11 Å². The average molecular weight is 296 g/mol. The SMILES string of the molecule is CCCC(OCC)C(O)c1ccc(OCC)c(OCC)c1. The van der Waals surface area contributed by atoms with Crippen LogP contribution in [0.15, 0.2) is 18.2 Å². The van der Waals surface area contributed by atoms with E-state index in [1.165, 1.54) is 0 Å². The van der Waals surface area contributed by atoms with E-state index in [2.05, 4.69) is 6.92 Å². The number of rotatable bonds is 10. The molecular weight excluding hydrogens is 268 g/mol. The Morgan fingerprint density at radius 1 is 0.952 bits per heavy atom. The minimum absolute atomic E-state index is 0.188. The van der Waals surface area contributed by atoms with Gasteiger partial charge in [0.25, 0.3) is 0 Å². The molecule has 0 aliphatic heterocycles. The van der Waals surface area contributed by atoms with Crippen molar-refractivity contribution in [1.29, 1.82) is 0 Å². The Bertz CT molecular complexity index is 400. The molecule has 4 nitrogen and oxygen atoms in total. The summed E-state index contributed by atoms with van der Waals surface area (Å²) in [6.07, 6.45) is 0.954. The maximum Gasteiger partial charge on any atom is 0.161 e. The second-order valence-electron chi connectivity index (χ2n) is 4.80. The van der Waals surface area contributed by atoms with Crippen LogP contribution >= 0.6 is 0 Å². The van der Waals surface area contributed by atoms with Crippen LogP contribution in [0.1, 0.15) is 52.2 Å². The smallest absolute Gasteiger partial charge is 0.161 e. The van der Waals surface area contributed by atoms with Gasteiger partial charge in [-0.3, -0.25) is 0 Å². The predicted molar refractivity (Wildman–Crippen MR) is 84.1 cm³/mol. The number of hydrogen-bond donors (Lipinski definition) is 1. The molecule has 1 aromatic carbocycles. The molecule has 21 heavy (non-hydrogen) atoms. The normalized spacial score (nSPS) is 13.8. The molecule has 2 unspecified atom stereocenters. The second-order valence-corrected chi connectivity index (χ2v) is 4.80. The van der Waals surface area contributed by atoms with Gasteiger partial charge in [0.1, 0.15) is 6.10 Å². The Morgan fingerprint density at radius 2 is 1.62 bits per heavy atom. The highest BCUT2D eigenvalue weighted by Gasteiger charge is 2.22. The van der Waals surface area contributed by atoms with Gasteiger partial charge >= 0.3 is 0 Å². The zero-order valence-corrected chi connectivity index (χ0v) is 13.6. The van der Waals surface area contributed by atoms with Crippen LogP contribution in [0, 0.1) is 0 Å². The molecule has 1 rings (SSSR count). The van der Waals surface area contributed by atoms with Gasteiger partial charge in [-0.15, -0.1) is 0 Å². The number of aliphatic hydroxyl groups is 1. The van der Waals surface area contributed by atoms with Crippen LogP contribution in [0.25, 0.3) is 0 Å². The fourth-order valence-electron chi connectivity index (χ4n) is 2.30. The third kappa shape index (κ3) is 5.21. The molecule has 0 fully saturated rings. The van der Waals surface area contributed by atoms with Crippen molar-refractivity contribution in [3.63, 3.8) is 0 Å². The largest absolute Gasteiger partial charge is 0.490 e. The molecule has 0 heterocycles. The van der Waals surface area contributed by atoms with Gasteiger partial charge in [-0.25, -0.2) is 0 Å². The second kappa shape index (κ2) is 9.64. The van der Waals surface area contributed by atoms with Crippen LogP contribution in [0.2, 0.25) is 0 Å². The van der Waals surface area contributed by atoms with Crippen LogP contribution in [-0.4, -0.2) is 31.0 Å². The molecule has 2 atom stereocenters. The molecule has 0 saturated heterocycles. The van der Waals surface area contributed by atoms with Gasteiger partial charge in [-0.1, -0.05) is 19.4 Å². The molecule has 0 spiro atoms. The molecule has 0 radical (unpaired) electrons. The van der Waals surface area contributed by atoms with Crippen molar-refractivity contribution in [2.24, 2.45) is 0 Å². The van der Waals surface area contributed by atoms with Crippen LogP contribution < -0.4 is 9.47 Å². The lowest BCUT2D eigenvalue weighted by Gasteiger charge is -2.23. The van der Waals surface area contributed by atoms with Crippen LogP contribution in [0.3, 0.4) is 0 Å². The molecule has 120 valence electrons. The lowest BCUT2D eigenvalue weighted by atomic mass is 10.0. The van der Waals surface area contributed by atoms with Crippen molar-refractivity contribution in [2.45, 2.75) is 52.7 Å². The molecule has 0 aliphatic carbocycles. The Hall–Kier alpha value is -1.26. The average Bonchev–Trinajstić information content (AvgIpc) is 2.48. The van der Waals surface area contributed by atoms with Crippen LogP contribution in [0.5, 0.6) is 11.5 Å². The Balaban J connectivity index is 2.96. The van der Waals surface area contributed by atoms with Crippen molar-refractivity contribution in [2.75, 3.05) is 19.8 Å². The molecule has 4 heteroatoms. The summed E-state index contributed by atoms with van der Waals surface area (Å²) in [6, 6.07) is 5.57. The van der Waals surface area contributed by atoms with E-state index >= 15 is 0 Å². The van der Waals surface area contributed by atoms with E-state index in [4.69, 9.17) is 14.2 Å². The van der Waals surface area contributed by atoms with Gasteiger partial charge in [-0.2, -0.15) is 0 Å². The first-order valence-corrected chi connectivity index (χ1v) is 7.86. The van der Waals surface area contributed by atoms with Crippen molar-refractivity contribution in [3.05, 3.63) is 23.8 Å². The number of hydrogen-bond acceptors (Lipinski definition) is 4. The van der Waals surface area contributed by atoms with E-state index in [1.54, 1.807) is 0 Å². The summed E-state index contributed by atoms with van der Waals surface area (Å²) >= 11 is 0. The summed E-state index contributed by atoms with van der Waals surface area (Å²) in [5.74, 6) is 1.38. The predicted octanol–water partition coefficient (Wildman–Crippen LogP) is 3.72. The monoisotopic (exact) mass is 296 g/mol. The number of ether oxygens (including phenoxy) is 3. The third-order valence-electron chi connectivity index (χ3n) is 3.22. The lowest BCUT2D eigenvalue weighted by molar-refractivity contribution is -0.0385. The first-order chi connectivity index (χ1) is 10.2. The van der Waals surface area contributed by atoms with E-state index in [1.807, 2.05) is 39.0 Å². The molecule has 1 aromatic rings. The highest BCUT2D eigenvalue weighted by Crippen LogP contribution is 2.32. The van der Waals surface area contributed by atoms with Gasteiger partial charge in [0.15, 0.2) is 11.5 Å². The Kier molecular flexibility index (Phi) is 8.16. The summed E-state index contributed by atoms with van der Waals surface area (Å²) in [5.41, 5.74) is 0.800. The Labute approximate surface area is 128 Å². The summed E-state index contributed by atoms with van der Waals surface area (Å²) in [6.45, 7) is 9.63. The molecule has 0 saturated carbocycles. The molecule has 1 N–H and O–H groups in total. The number of aliphatic hydroxyl groups excluding tert-OH is 1. The quantitative estimate of drug-likeness (QED) is 0.715. The zero-order valence-electron chi connectivity index (χ0n) is 13.6. The van der Waals surface area contributed by atoms with E-state index in [-0.39, 0.29) is 6.10 Å².